The summed E-state index contributed by atoms with van der Waals surface area (Å²) in [5.41, 5.74) is -0.0101. The summed E-state index contributed by atoms with van der Waals surface area (Å²) >= 11 is 0. The number of aliphatic hydroxyl groups is 1. The van der Waals surface area contributed by atoms with Crippen molar-refractivity contribution in [2.45, 2.75) is 12.1 Å². The summed E-state index contributed by atoms with van der Waals surface area (Å²) in [4.78, 5) is 0. The zero-order chi connectivity index (χ0) is 15.3. The molecule has 0 unspecified atom stereocenters. The number of para-hydroxylation sites is 1. The summed E-state index contributed by atoms with van der Waals surface area (Å²) in [6, 6.07) is 9.70. The van der Waals surface area contributed by atoms with E-state index in [1.807, 2.05) is 30.3 Å². The molecule has 0 radical (unpaired) electrons. The number of hydrogen-bond donors (Lipinski definition) is 3. The smallest absolute Gasteiger partial charge is 0.170 e. The number of nitrogens with zero attached hydrogens (tertiary/aromatic N) is 4. The van der Waals surface area contributed by atoms with Crippen molar-refractivity contribution in [3.8, 4) is 5.69 Å². The maximum atomic E-state index is 10.5. The molecule has 0 amide bonds. The van der Waals surface area contributed by atoms with Crippen LogP contribution in [0, 0.1) is 0 Å². The lowest BCUT2D eigenvalue weighted by Crippen LogP contribution is -2.50. The molecule has 8 nitrogen and oxygen atoms in total. The SMILES string of the molecule is O[C@@]1(CNCc2nnnn2-c2ccccc2)CNCCOC1. The van der Waals surface area contributed by atoms with Gasteiger partial charge in [-0.3, -0.25) is 0 Å². The highest BCUT2D eigenvalue weighted by atomic mass is 16.5. The van der Waals surface area contributed by atoms with Gasteiger partial charge in [-0.25, -0.2) is 0 Å². The molecule has 0 spiro atoms. The van der Waals surface area contributed by atoms with Gasteiger partial charge >= 0.3 is 0 Å². The second kappa shape index (κ2) is 6.93. The highest BCUT2D eigenvalue weighted by Crippen LogP contribution is 2.08. The lowest BCUT2D eigenvalue weighted by Gasteiger charge is -2.25. The fourth-order valence-corrected chi connectivity index (χ4v) is 2.38. The molecule has 1 aromatic heterocycles. The van der Waals surface area contributed by atoms with Gasteiger partial charge in [0.25, 0.3) is 0 Å². The topological polar surface area (TPSA) is 97.1 Å². The molecule has 1 fully saturated rings. The summed E-state index contributed by atoms with van der Waals surface area (Å²) in [5.74, 6) is 0.692. The molecule has 1 aliphatic rings. The van der Waals surface area contributed by atoms with Crippen LogP contribution >= 0.6 is 0 Å². The Hall–Kier alpha value is -1.87. The molecular formula is C14H20N6O2. The molecule has 1 atom stereocenters. The molecule has 0 aliphatic carbocycles. The third-order valence-electron chi connectivity index (χ3n) is 3.52. The van der Waals surface area contributed by atoms with Crippen molar-refractivity contribution < 1.29 is 9.84 Å². The van der Waals surface area contributed by atoms with Gasteiger partial charge in [0.2, 0.25) is 0 Å². The van der Waals surface area contributed by atoms with E-state index < -0.39 is 5.60 Å². The fraction of sp³-hybridized carbons (Fsp3) is 0.500. The molecule has 1 aliphatic heterocycles. The van der Waals surface area contributed by atoms with E-state index >= 15 is 0 Å². The Morgan fingerprint density at radius 3 is 3.09 bits per heavy atom. The van der Waals surface area contributed by atoms with E-state index in [1.165, 1.54) is 0 Å². The number of tetrazole rings is 1. The molecule has 3 N–H and O–H groups in total. The van der Waals surface area contributed by atoms with Crippen molar-refractivity contribution in [2.75, 3.05) is 32.8 Å². The monoisotopic (exact) mass is 304 g/mol. The quantitative estimate of drug-likeness (QED) is 0.659. The van der Waals surface area contributed by atoms with Crippen LogP contribution in [0.25, 0.3) is 5.69 Å². The predicted octanol–water partition coefficient (Wildman–Crippen LogP) is -0.897. The van der Waals surface area contributed by atoms with E-state index in [4.69, 9.17) is 4.74 Å². The van der Waals surface area contributed by atoms with Crippen LogP contribution in [0.15, 0.2) is 30.3 Å². The highest BCUT2D eigenvalue weighted by Gasteiger charge is 2.28. The standard InChI is InChI=1S/C14H20N6O2/c21-14(9-15-6-7-22-11-14)10-16-8-13-17-18-19-20(13)12-4-2-1-3-5-12/h1-5,15-16,21H,6-11H2/t14-/m1/s1. The van der Waals surface area contributed by atoms with Gasteiger partial charge < -0.3 is 20.5 Å². The molecule has 2 aromatic rings. The number of ether oxygens (including phenoxy) is 1. The van der Waals surface area contributed by atoms with E-state index in [0.717, 1.165) is 12.2 Å². The van der Waals surface area contributed by atoms with Gasteiger partial charge in [-0.1, -0.05) is 18.2 Å². The molecule has 0 saturated carbocycles. The third kappa shape index (κ3) is 3.66. The summed E-state index contributed by atoms with van der Waals surface area (Å²) in [5, 5.41) is 28.6. The van der Waals surface area contributed by atoms with E-state index in [9.17, 15) is 5.11 Å². The summed E-state index contributed by atoms with van der Waals surface area (Å²) < 4.78 is 7.07. The van der Waals surface area contributed by atoms with Crippen molar-refractivity contribution >= 4 is 0 Å². The fourth-order valence-electron chi connectivity index (χ4n) is 2.38. The summed E-state index contributed by atoms with van der Waals surface area (Å²) in [6.45, 7) is 3.06. The van der Waals surface area contributed by atoms with Crippen LogP contribution in [-0.2, 0) is 11.3 Å². The molecular weight excluding hydrogens is 284 g/mol. The Labute approximate surface area is 128 Å². The van der Waals surface area contributed by atoms with E-state index in [2.05, 4.69) is 26.2 Å². The lowest BCUT2D eigenvalue weighted by atomic mass is 10.1. The van der Waals surface area contributed by atoms with Crippen molar-refractivity contribution in [2.24, 2.45) is 0 Å². The molecule has 1 aromatic carbocycles. The van der Waals surface area contributed by atoms with Gasteiger partial charge in [-0.15, -0.1) is 5.10 Å². The van der Waals surface area contributed by atoms with Crippen LogP contribution in [0.4, 0.5) is 0 Å². The first-order chi connectivity index (χ1) is 10.8. The Balaban J connectivity index is 1.59. The zero-order valence-corrected chi connectivity index (χ0v) is 12.3. The molecule has 3 rings (SSSR count). The normalized spacial score (nSPS) is 22.4. The van der Waals surface area contributed by atoms with Gasteiger partial charge in [-0.2, -0.15) is 4.68 Å². The summed E-state index contributed by atoms with van der Waals surface area (Å²) in [6.07, 6.45) is 0. The molecule has 1 saturated heterocycles. The van der Waals surface area contributed by atoms with Gasteiger partial charge in [0.05, 0.1) is 25.4 Å². The second-order valence-electron chi connectivity index (χ2n) is 5.40. The van der Waals surface area contributed by atoms with Gasteiger partial charge in [-0.05, 0) is 22.6 Å². The van der Waals surface area contributed by atoms with E-state index in [0.29, 0.717) is 38.7 Å². The molecule has 2 heterocycles. The third-order valence-corrected chi connectivity index (χ3v) is 3.52. The molecule has 8 heteroatoms. The van der Waals surface area contributed by atoms with Crippen molar-refractivity contribution in [3.63, 3.8) is 0 Å². The Bertz CT molecular complexity index is 580. The van der Waals surface area contributed by atoms with Crippen LogP contribution < -0.4 is 10.6 Å². The number of β-amino-alcohol motifs (C(OH)–C–C–N with tert-alkyl or cyclic N) is 1. The minimum absolute atomic E-state index is 0.316. The summed E-state index contributed by atoms with van der Waals surface area (Å²) in [7, 11) is 0. The van der Waals surface area contributed by atoms with Crippen LogP contribution in [-0.4, -0.2) is 63.8 Å². The number of rotatable bonds is 5. The largest absolute Gasteiger partial charge is 0.385 e. The highest BCUT2D eigenvalue weighted by molar-refractivity contribution is 5.30. The zero-order valence-electron chi connectivity index (χ0n) is 12.3. The maximum absolute atomic E-state index is 10.5. The average Bonchev–Trinajstić information content (AvgIpc) is 2.90. The van der Waals surface area contributed by atoms with Crippen molar-refractivity contribution in [3.05, 3.63) is 36.2 Å². The predicted molar refractivity (Wildman–Crippen MR) is 79.5 cm³/mol. The molecule has 22 heavy (non-hydrogen) atoms. The Morgan fingerprint density at radius 1 is 1.36 bits per heavy atom. The number of benzene rings is 1. The Kier molecular flexibility index (Phi) is 4.74. The van der Waals surface area contributed by atoms with Crippen LogP contribution in [0.1, 0.15) is 5.82 Å². The van der Waals surface area contributed by atoms with Gasteiger partial charge in [0, 0.05) is 19.6 Å². The number of aromatic nitrogens is 4. The minimum Gasteiger partial charge on any atom is -0.385 e. The van der Waals surface area contributed by atoms with Crippen molar-refractivity contribution in [1.29, 1.82) is 0 Å². The maximum Gasteiger partial charge on any atom is 0.170 e. The first kappa shape index (κ1) is 15.0. The number of nitrogens with one attached hydrogen (secondary N) is 2. The van der Waals surface area contributed by atoms with Crippen LogP contribution in [0.5, 0.6) is 0 Å². The van der Waals surface area contributed by atoms with E-state index in [-0.39, 0.29) is 0 Å². The minimum atomic E-state index is -0.915. The molecule has 0 bridgehead atoms. The van der Waals surface area contributed by atoms with Crippen LogP contribution in [0.2, 0.25) is 0 Å². The lowest BCUT2D eigenvalue weighted by molar-refractivity contribution is -0.0265. The molecule has 118 valence electrons. The number of hydrogen-bond acceptors (Lipinski definition) is 7. The first-order valence-electron chi connectivity index (χ1n) is 7.31. The van der Waals surface area contributed by atoms with Gasteiger partial charge in [0.1, 0.15) is 5.60 Å². The van der Waals surface area contributed by atoms with E-state index in [1.54, 1.807) is 4.68 Å². The Morgan fingerprint density at radius 2 is 2.23 bits per heavy atom. The van der Waals surface area contributed by atoms with Gasteiger partial charge in [0.15, 0.2) is 5.82 Å². The first-order valence-corrected chi connectivity index (χ1v) is 7.31. The average molecular weight is 304 g/mol. The van der Waals surface area contributed by atoms with Crippen LogP contribution in [0.3, 0.4) is 0 Å². The van der Waals surface area contributed by atoms with Crippen molar-refractivity contribution in [1.82, 2.24) is 30.8 Å². The second-order valence-corrected chi connectivity index (χ2v) is 5.40.